The Morgan fingerprint density at radius 3 is 2.50 bits per heavy atom. The molecule has 0 N–H and O–H groups in total. The molecule has 0 rings (SSSR count). The summed E-state index contributed by atoms with van der Waals surface area (Å²) in [4.78, 5) is 21.4. The summed E-state index contributed by atoms with van der Waals surface area (Å²) in [5.74, 6) is -1.12. The van der Waals surface area contributed by atoms with Crippen molar-refractivity contribution in [1.82, 2.24) is 0 Å². The summed E-state index contributed by atoms with van der Waals surface area (Å²) in [6, 6.07) is 0. The summed E-state index contributed by atoms with van der Waals surface area (Å²) in [7, 11) is 1.23. The van der Waals surface area contributed by atoms with Crippen LogP contribution in [0.25, 0.3) is 0 Å². The van der Waals surface area contributed by atoms with E-state index in [0.717, 1.165) is 0 Å². The Morgan fingerprint density at radius 2 is 2.08 bits per heavy atom. The fourth-order valence-corrected chi connectivity index (χ4v) is 0.735. The normalized spacial score (nSPS) is 11.9. The van der Waals surface area contributed by atoms with E-state index in [1.807, 2.05) is 0 Å². The summed E-state index contributed by atoms with van der Waals surface area (Å²) in [5, 5.41) is -0.947. The quantitative estimate of drug-likeness (QED) is 0.489. The molecule has 0 saturated heterocycles. The molecule has 0 aromatic heterocycles. The van der Waals surface area contributed by atoms with Crippen molar-refractivity contribution in [3.05, 3.63) is 0 Å². The Hall–Kier alpha value is -0.770. The first kappa shape index (κ1) is 11.2. The van der Waals surface area contributed by atoms with Crippen LogP contribution in [0.15, 0.2) is 0 Å². The average molecular weight is 195 g/mol. The van der Waals surface area contributed by atoms with Crippen LogP contribution < -0.4 is 0 Å². The van der Waals surface area contributed by atoms with Crippen molar-refractivity contribution in [2.45, 2.75) is 18.7 Å². The van der Waals surface area contributed by atoms with E-state index in [-0.39, 0.29) is 13.0 Å². The maximum atomic E-state index is 10.8. The number of rotatable bonds is 4. The summed E-state index contributed by atoms with van der Waals surface area (Å²) < 4.78 is 8.89. The van der Waals surface area contributed by atoms with Crippen LogP contribution in [0, 0.1) is 0 Å². The minimum atomic E-state index is -0.947. The minimum Gasteiger partial charge on any atom is -0.469 e. The molecule has 0 spiro atoms. The van der Waals surface area contributed by atoms with Crippen LogP contribution in [0.4, 0.5) is 0 Å². The van der Waals surface area contributed by atoms with Crippen LogP contribution >= 0.6 is 11.6 Å². The molecule has 0 aromatic rings. The third kappa shape index (κ3) is 4.18. The van der Waals surface area contributed by atoms with Gasteiger partial charge in [0.1, 0.15) is 5.38 Å². The summed E-state index contributed by atoms with van der Waals surface area (Å²) in [6.45, 7) is 1.92. The number of esters is 2. The second kappa shape index (κ2) is 5.83. The zero-order valence-corrected chi connectivity index (χ0v) is 7.76. The molecule has 0 bridgehead atoms. The zero-order chi connectivity index (χ0) is 9.56. The molecule has 0 aliphatic heterocycles. The van der Waals surface area contributed by atoms with Crippen LogP contribution in [0.5, 0.6) is 0 Å². The van der Waals surface area contributed by atoms with Gasteiger partial charge < -0.3 is 9.47 Å². The molecular weight excluding hydrogens is 184 g/mol. The first-order valence-corrected chi connectivity index (χ1v) is 3.93. The average Bonchev–Trinajstić information content (AvgIpc) is 2.04. The Balaban J connectivity index is 3.78. The number of ether oxygens (including phenoxy) is 2. The van der Waals surface area contributed by atoms with Gasteiger partial charge in [0.15, 0.2) is 0 Å². The molecule has 1 unspecified atom stereocenters. The second-order valence-electron chi connectivity index (χ2n) is 2.00. The van der Waals surface area contributed by atoms with Crippen LogP contribution in [0.2, 0.25) is 0 Å². The lowest BCUT2D eigenvalue weighted by molar-refractivity contribution is -0.148. The van der Waals surface area contributed by atoms with E-state index in [9.17, 15) is 9.59 Å². The monoisotopic (exact) mass is 194 g/mol. The zero-order valence-electron chi connectivity index (χ0n) is 7.00. The number of methoxy groups -OCH3 is 1. The fraction of sp³-hybridized carbons (Fsp3) is 0.714. The summed E-state index contributed by atoms with van der Waals surface area (Å²) in [5.41, 5.74) is 0. The van der Waals surface area contributed by atoms with Crippen LogP contribution in [0.3, 0.4) is 0 Å². The number of halogens is 1. The molecule has 12 heavy (non-hydrogen) atoms. The first-order valence-electron chi connectivity index (χ1n) is 3.49. The van der Waals surface area contributed by atoms with Gasteiger partial charge in [-0.25, -0.2) is 0 Å². The first-order chi connectivity index (χ1) is 5.61. The van der Waals surface area contributed by atoms with Crippen molar-refractivity contribution in [2.75, 3.05) is 13.7 Å². The highest BCUT2D eigenvalue weighted by Crippen LogP contribution is 2.05. The van der Waals surface area contributed by atoms with Crippen molar-refractivity contribution < 1.29 is 19.1 Å². The highest BCUT2D eigenvalue weighted by Gasteiger charge is 2.20. The topological polar surface area (TPSA) is 52.6 Å². The van der Waals surface area contributed by atoms with Crippen molar-refractivity contribution in [1.29, 1.82) is 0 Å². The second-order valence-corrected chi connectivity index (χ2v) is 2.53. The molecular formula is C7H11ClO4. The molecule has 0 amide bonds. The van der Waals surface area contributed by atoms with Gasteiger partial charge in [0.2, 0.25) is 0 Å². The number of alkyl halides is 1. The SMILES string of the molecule is CCOC(=O)C(Cl)CC(=O)OC. The molecule has 0 aliphatic rings. The van der Waals surface area contributed by atoms with Gasteiger partial charge >= 0.3 is 11.9 Å². The largest absolute Gasteiger partial charge is 0.469 e. The van der Waals surface area contributed by atoms with Gasteiger partial charge in [0.05, 0.1) is 20.1 Å². The Kier molecular flexibility index (Phi) is 5.45. The highest BCUT2D eigenvalue weighted by atomic mass is 35.5. The third-order valence-electron chi connectivity index (χ3n) is 1.12. The maximum absolute atomic E-state index is 10.8. The standard InChI is InChI=1S/C7H11ClO4/c1-3-12-7(10)5(8)4-6(9)11-2/h5H,3-4H2,1-2H3. The van der Waals surface area contributed by atoms with Crippen molar-refractivity contribution in [2.24, 2.45) is 0 Å². The molecule has 4 nitrogen and oxygen atoms in total. The molecule has 0 heterocycles. The van der Waals surface area contributed by atoms with E-state index >= 15 is 0 Å². The lowest BCUT2D eigenvalue weighted by atomic mass is 10.3. The lowest BCUT2D eigenvalue weighted by Gasteiger charge is -2.06. The Bertz CT molecular complexity index is 169. The number of hydrogen-bond donors (Lipinski definition) is 0. The minimum absolute atomic E-state index is 0.156. The number of hydrogen-bond acceptors (Lipinski definition) is 4. The van der Waals surface area contributed by atoms with Crippen molar-refractivity contribution in [3.8, 4) is 0 Å². The van der Waals surface area contributed by atoms with Gasteiger partial charge in [-0.1, -0.05) is 0 Å². The molecule has 0 saturated carbocycles. The number of carbonyl (C=O) groups excluding carboxylic acids is 2. The fourth-order valence-electron chi connectivity index (χ4n) is 0.546. The number of carbonyl (C=O) groups is 2. The van der Waals surface area contributed by atoms with Gasteiger partial charge in [-0.15, -0.1) is 11.6 Å². The van der Waals surface area contributed by atoms with E-state index in [1.165, 1.54) is 7.11 Å². The van der Waals surface area contributed by atoms with E-state index < -0.39 is 17.3 Å². The van der Waals surface area contributed by atoms with Crippen molar-refractivity contribution >= 4 is 23.5 Å². The van der Waals surface area contributed by atoms with Crippen molar-refractivity contribution in [3.63, 3.8) is 0 Å². The van der Waals surface area contributed by atoms with E-state index in [2.05, 4.69) is 9.47 Å². The van der Waals surface area contributed by atoms with Gasteiger partial charge in [0.25, 0.3) is 0 Å². The molecule has 0 fully saturated rings. The van der Waals surface area contributed by atoms with E-state index in [0.29, 0.717) is 0 Å². The van der Waals surface area contributed by atoms with Gasteiger partial charge in [-0.3, -0.25) is 9.59 Å². The third-order valence-corrected chi connectivity index (χ3v) is 1.45. The molecule has 1 atom stereocenters. The predicted octanol–water partition coefficient (Wildman–Crippen LogP) is 0.720. The molecule has 5 heteroatoms. The Labute approximate surface area is 75.8 Å². The predicted molar refractivity (Wildman–Crippen MR) is 42.9 cm³/mol. The maximum Gasteiger partial charge on any atom is 0.324 e. The van der Waals surface area contributed by atoms with Gasteiger partial charge in [-0.2, -0.15) is 0 Å². The van der Waals surface area contributed by atoms with Gasteiger partial charge in [0, 0.05) is 0 Å². The Morgan fingerprint density at radius 1 is 1.50 bits per heavy atom. The van der Waals surface area contributed by atoms with Crippen LogP contribution in [-0.2, 0) is 19.1 Å². The molecule has 70 valence electrons. The summed E-state index contributed by atoms with van der Waals surface area (Å²) >= 11 is 5.51. The smallest absolute Gasteiger partial charge is 0.324 e. The van der Waals surface area contributed by atoms with Crippen LogP contribution in [-0.4, -0.2) is 31.0 Å². The van der Waals surface area contributed by atoms with E-state index in [4.69, 9.17) is 11.6 Å². The molecule has 0 aromatic carbocycles. The molecule has 0 aliphatic carbocycles. The summed E-state index contributed by atoms with van der Waals surface area (Å²) in [6.07, 6.45) is -0.156. The highest BCUT2D eigenvalue weighted by molar-refractivity contribution is 6.30. The van der Waals surface area contributed by atoms with Crippen LogP contribution in [0.1, 0.15) is 13.3 Å². The van der Waals surface area contributed by atoms with Gasteiger partial charge in [-0.05, 0) is 6.92 Å². The van der Waals surface area contributed by atoms with E-state index in [1.54, 1.807) is 6.92 Å². The molecule has 0 radical (unpaired) electrons. The lowest BCUT2D eigenvalue weighted by Crippen LogP contribution is -2.21.